The summed E-state index contributed by atoms with van der Waals surface area (Å²) in [5, 5.41) is 2.25. The molecule has 28 heavy (non-hydrogen) atoms. The number of esters is 1. The third-order valence-corrected chi connectivity index (χ3v) is 5.18. The van der Waals surface area contributed by atoms with Gasteiger partial charge in [0.25, 0.3) is 5.91 Å². The van der Waals surface area contributed by atoms with Gasteiger partial charge in [-0.25, -0.2) is 9.78 Å². The van der Waals surface area contributed by atoms with Crippen molar-refractivity contribution in [3.63, 3.8) is 0 Å². The number of ether oxygens (including phenoxy) is 1. The molecule has 1 fully saturated rings. The highest BCUT2D eigenvalue weighted by Gasteiger charge is 2.37. The first-order chi connectivity index (χ1) is 13.5. The zero-order chi connectivity index (χ0) is 20.1. The summed E-state index contributed by atoms with van der Waals surface area (Å²) >= 11 is 1.03. The number of hydrogen-bond donors (Lipinski definition) is 1. The molecule has 1 aromatic carbocycles. The molecule has 0 radical (unpaired) electrons. The number of para-hydroxylation sites is 1. The van der Waals surface area contributed by atoms with Gasteiger partial charge < -0.3 is 10.1 Å². The van der Waals surface area contributed by atoms with Crippen molar-refractivity contribution in [1.82, 2.24) is 9.88 Å². The second-order valence-corrected chi connectivity index (χ2v) is 7.14. The van der Waals surface area contributed by atoms with Crippen LogP contribution in [0, 0.1) is 0 Å². The zero-order valence-electron chi connectivity index (χ0n) is 15.0. The molecule has 1 aliphatic heterocycles. The van der Waals surface area contributed by atoms with Crippen LogP contribution in [0.5, 0.6) is 0 Å². The van der Waals surface area contributed by atoms with Crippen LogP contribution in [0.3, 0.4) is 0 Å². The quantitative estimate of drug-likeness (QED) is 0.582. The van der Waals surface area contributed by atoms with E-state index in [9.17, 15) is 19.2 Å². The van der Waals surface area contributed by atoms with E-state index < -0.39 is 23.7 Å². The van der Waals surface area contributed by atoms with Crippen LogP contribution in [0.2, 0.25) is 0 Å². The standard InChI is InChI=1S/C19H17N3O5S/c1-22-16(24)10-14(18(22)25)28-17-13(8-5-9-20-17)19(26)27-11-15(23)21-12-6-3-2-4-7-12/h2-9,14H,10-11H2,1H3,(H,21,23). The number of carbonyl (C=O) groups excluding carboxylic acids is 4. The Kier molecular flexibility index (Phi) is 6.05. The number of carbonyl (C=O) groups is 4. The first-order valence-corrected chi connectivity index (χ1v) is 9.28. The smallest absolute Gasteiger partial charge is 0.341 e. The molecule has 0 bridgehead atoms. The van der Waals surface area contributed by atoms with Crippen LogP contribution in [0.15, 0.2) is 53.7 Å². The zero-order valence-corrected chi connectivity index (χ0v) is 15.8. The summed E-state index contributed by atoms with van der Waals surface area (Å²) in [4.78, 5) is 53.2. The predicted octanol–water partition coefficient (Wildman–Crippen LogP) is 1.73. The number of likely N-dealkylation sites (tertiary alicyclic amines) is 1. The minimum absolute atomic E-state index is 0.0462. The summed E-state index contributed by atoms with van der Waals surface area (Å²) in [6, 6.07) is 11.8. The van der Waals surface area contributed by atoms with Crippen molar-refractivity contribution in [3.05, 3.63) is 54.2 Å². The monoisotopic (exact) mass is 399 g/mol. The minimum atomic E-state index is -0.732. The molecule has 1 N–H and O–H groups in total. The summed E-state index contributed by atoms with van der Waals surface area (Å²) in [6.07, 6.45) is 1.52. The van der Waals surface area contributed by atoms with Crippen molar-refractivity contribution in [1.29, 1.82) is 0 Å². The predicted molar refractivity (Wildman–Crippen MR) is 102 cm³/mol. The van der Waals surface area contributed by atoms with Gasteiger partial charge in [0, 0.05) is 25.4 Å². The Morgan fingerprint density at radius 1 is 1.21 bits per heavy atom. The number of amides is 3. The molecule has 2 aromatic rings. The molecule has 1 atom stereocenters. The molecule has 3 amide bonds. The Hall–Kier alpha value is -3.20. The van der Waals surface area contributed by atoms with Gasteiger partial charge in [-0.2, -0.15) is 0 Å². The summed E-state index contributed by atoms with van der Waals surface area (Å²) in [5.74, 6) is -1.82. The van der Waals surface area contributed by atoms with Gasteiger partial charge in [-0.15, -0.1) is 0 Å². The molecule has 144 valence electrons. The van der Waals surface area contributed by atoms with E-state index in [4.69, 9.17) is 4.74 Å². The Morgan fingerprint density at radius 3 is 2.64 bits per heavy atom. The maximum Gasteiger partial charge on any atom is 0.341 e. The number of thioether (sulfide) groups is 1. The minimum Gasteiger partial charge on any atom is -0.452 e. The highest BCUT2D eigenvalue weighted by molar-refractivity contribution is 8.00. The van der Waals surface area contributed by atoms with E-state index in [1.54, 1.807) is 30.3 Å². The average Bonchev–Trinajstić information content (AvgIpc) is 2.94. The number of rotatable bonds is 6. The van der Waals surface area contributed by atoms with Crippen molar-refractivity contribution in [2.45, 2.75) is 16.7 Å². The van der Waals surface area contributed by atoms with Crippen molar-refractivity contribution < 1.29 is 23.9 Å². The fraction of sp³-hybridized carbons (Fsp3) is 0.211. The van der Waals surface area contributed by atoms with Gasteiger partial charge in [-0.05, 0) is 24.3 Å². The number of nitrogens with one attached hydrogen (secondary N) is 1. The average molecular weight is 399 g/mol. The summed E-state index contributed by atoms with van der Waals surface area (Å²) in [6.45, 7) is -0.462. The Balaban J connectivity index is 1.62. The lowest BCUT2D eigenvalue weighted by Gasteiger charge is -2.11. The number of anilines is 1. The number of aromatic nitrogens is 1. The molecule has 1 aliphatic rings. The number of pyridine rings is 1. The van der Waals surface area contributed by atoms with Crippen LogP contribution in [-0.4, -0.2) is 52.5 Å². The van der Waals surface area contributed by atoms with Crippen LogP contribution in [-0.2, 0) is 19.1 Å². The molecule has 9 heteroatoms. The van der Waals surface area contributed by atoms with Crippen molar-refractivity contribution in [3.8, 4) is 0 Å². The number of imide groups is 1. The van der Waals surface area contributed by atoms with Crippen LogP contribution < -0.4 is 5.32 Å². The van der Waals surface area contributed by atoms with Gasteiger partial charge in [-0.3, -0.25) is 19.3 Å². The second kappa shape index (κ2) is 8.66. The van der Waals surface area contributed by atoms with Gasteiger partial charge >= 0.3 is 5.97 Å². The third-order valence-electron chi connectivity index (χ3n) is 3.98. The fourth-order valence-electron chi connectivity index (χ4n) is 2.52. The van der Waals surface area contributed by atoms with Gasteiger partial charge in [0.05, 0.1) is 10.8 Å². The van der Waals surface area contributed by atoms with E-state index in [1.807, 2.05) is 6.07 Å². The molecule has 0 saturated carbocycles. The first-order valence-electron chi connectivity index (χ1n) is 8.40. The summed E-state index contributed by atoms with van der Waals surface area (Å²) in [7, 11) is 1.42. The number of hydrogen-bond acceptors (Lipinski definition) is 7. The lowest BCUT2D eigenvalue weighted by atomic mass is 10.3. The lowest BCUT2D eigenvalue weighted by Crippen LogP contribution is -2.26. The second-order valence-electron chi connectivity index (χ2n) is 5.95. The Labute approximate surface area is 165 Å². The molecule has 3 rings (SSSR count). The van der Waals surface area contributed by atoms with Crippen LogP contribution in [0.4, 0.5) is 5.69 Å². The molecule has 2 heterocycles. The van der Waals surface area contributed by atoms with E-state index in [-0.39, 0.29) is 28.8 Å². The summed E-state index contributed by atoms with van der Waals surface area (Å²) in [5.41, 5.74) is 0.726. The van der Waals surface area contributed by atoms with Crippen LogP contribution in [0.1, 0.15) is 16.8 Å². The topological polar surface area (TPSA) is 106 Å². The van der Waals surface area contributed by atoms with Gasteiger partial charge in [0.15, 0.2) is 6.61 Å². The molecular formula is C19H17N3O5S. The van der Waals surface area contributed by atoms with Crippen molar-refractivity contribution in [2.24, 2.45) is 0 Å². The maximum absolute atomic E-state index is 12.4. The van der Waals surface area contributed by atoms with Crippen LogP contribution in [0.25, 0.3) is 0 Å². The van der Waals surface area contributed by atoms with Crippen LogP contribution >= 0.6 is 11.8 Å². The largest absolute Gasteiger partial charge is 0.452 e. The molecule has 0 spiro atoms. The van der Waals surface area contributed by atoms with E-state index in [1.165, 1.54) is 19.3 Å². The third kappa shape index (κ3) is 4.55. The van der Waals surface area contributed by atoms with Gasteiger partial charge in [0.2, 0.25) is 11.8 Å². The number of nitrogens with zero attached hydrogens (tertiary/aromatic N) is 2. The van der Waals surface area contributed by atoms with E-state index >= 15 is 0 Å². The van der Waals surface area contributed by atoms with E-state index in [2.05, 4.69) is 10.3 Å². The SMILES string of the molecule is CN1C(=O)CC(Sc2ncccc2C(=O)OCC(=O)Nc2ccccc2)C1=O. The molecule has 1 aromatic heterocycles. The first kappa shape index (κ1) is 19.6. The fourth-order valence-corrected chi connectivity index (χ4v) is 3.67. The normalized spacial score (nSPS) is 16.2. The van der Waals surface area contributed by atoms with E-state index in [0.717, 1.165) is 16.7 Å². The highest BCUT2D eigenvalue weighted by atomic mass is 32.2. The molecule has 1 unspecified atom stereocenters. The number of benzene rings is 1. The summed E-state index contributed by atoms with van der Waals surface area (Å²) < 4.78 is 5.07. The molecular weight excluding hydrogens is 382 g/mol. The molecule has 8 nitrogen and oxygen atoms in total. The van der Waals surface area contributed by atoms with Gasteiger partial charge in [-0.1, -0.05) is 30.0 Å². The Bertz CT molecular complexity index is 919. The lowest BCUT2D eigenvalue weighted by molar-refractivity contribution is -0.136. The van der Waals surface area contributed by atoms with Crippen molar-refractivity contribution >= 4 is 41.1 Å². The maximum atomic E-state index is 12.4. The van der Waals surface area contributed by atoms with E-state index in [0.29, 0.717) is 5.69 Å². The van der Waals surface area contributed by atoms with Crippen molar-refractivity contribution in [2.75, 3.05) is 19.0 Å². The molecule has 1 saturated heterocycles. The molecule has 0 aliphatic carbocycles. The Morgan fingerprint density at radius 2 is 1.96 bits per heavy atom. The van der Waals surface area contributed by atoms with Gasteiger partial charge in [0.1, 0.15) is 5.03 Å². The highest BCUT2D eigenvalue weighted by Crippen LogP contribution is 2.31.